The lowest BCUT2D eigenvalue weighted by Crippen LogP contribution is -2.32. The Hall–Kier alpha value is -0.610. The summed E-state index contributed by atoms with van der Waals surface area (Å²) in [4.78, 5) is 8.11. The van der Waals surface area contributed by atoms with Gasteiger partial charge in [-0.1, -0.05) is 27.7 Å². The van der Waals surface area contributed by atoms with Crippen LogP contribution in [0, 0.1) is 11.8 Å². The summed E-state index contributed by atoms with van der Waals surface area (Å²) in [6.45, 7) is 13.2. The molecule has 0 radical (unpaired) electrons. The van der Waals surface area contributed by atoms with Crippen LogP contribution in [0.15, 0.2) is 6.20 Å². The highest BCUT2D eigenvalue weighted by atomic mass is 32.1. The molecule has 0 aliphatic carbocycles. The van der Waals surface area contributed by atoms with Crippen molar-refractivity contribution in [1.29, 1.82) is 0 Å². The van der Waals surface area contributed by atoms with Crippen molar-refractivity contribution in [3.05, 3.63) is 11.1 Å². The minimum atomic E-state index is 0.521. The van der Waals surface area contributed by atoms with Gasteiger partial charge in [-0.05, 0) is 25.3 Å². The van der Waals surface area contributed by atoms with E-state index in [2.05, 4.69) is 56.9 Å². The Bertz CT molecular complexity index is 347. The maximum Gasteiger partial charge on any atom is 0.185 e. The highest BCUT2D eigenvalue weighted by molar-refractivity contribution is 7.15. The molecular formula is C14H27N3S. The second-order valence-electron chi connectivity index (χ2n) is 5.73. The molecule has 0 spiro atoms. The standard InChI is InChI=1S/C14H27N3S/c1-10(2)7-15-8-13-9-16-14(18-13)17(6)12(5)11(3)4/h9-12,15H,7-8H2,1-6H3. The molecule has 1 N–H and O–H groups in total. The van der Waals surface area contributed by atoms with Crippen LogP contribution in [0.1, 0.15) is 39.5 Å². The van der Waals surface area contributed by atoms with Gasteiger partial charge in [0.25, 0.3) is 0 Å². The van der Waals surface area contributed by atoms with Gasteiger partial charge in [0.15, 0.2) is 5.13 Å². The Labute approximate surface area is 116 Å². The molecule has 1 aromatic heterocycles. The zero-order valence-electron chi connectivity index (χ0n) is 12.5. The van der Waals surface area contributed by atoms with E-state index in [1.165, 1.54) is 4.88 Å². The number of anilines is 1. The number of rotatable bonds is 7. The van der Waals surface area contributed by atoms with Crippen molar-refractivity contribution in [1.82, 2.24) is 10.3 Å². The number of thiazole rings is 1. The summed E-state index contributed by atoms with van der Waals surface area (Å²) in [6, 6.07) is 0.521. The van der Waals surface area contributed by atoms with E-state index in [9.17, 15) is 0 Å². The van der Waals surface area contributed by atoms with E-state index >= 15 is 0 Å². The maximum absolute atomic E-state index is 4.52. The van der Waals surface area contributed by atoms with Gasteiger partial charge in [0.1, 0.15) is 0 Å². The predicted molar refractivity (Wildman–Crippen MR) is 81.4 cm³/mol. The molecule has 0 saturated carbocycles. The van der Waals surface area contributed by atoms with Crippen LogP contribution in [0.25, 0.3) is 0 Å². The molecule has 0 bridgehead atoms. The van der Waals surface area contributed by atoms with Crippen molar-refractivity contribution in [3.63, 3.8) is 0 Å². The van der Waals surface area contributed by atoms with E-state index in [1.807, 2.05) is 6.20 Å². The topological polar surface area (TPSA) is 28.2 Å². The lowest BCUT2D eigenvalue weighted by atomic mass is 10.1. The zero-order valence-corrected chi connectivity index (χ0v) is 13.3. The highest BCUT2D eigenvalue weighted by Crippen LogP contribution is 2.24. The molecule has 1 rings (SSSR count). The Morgan fingerprint density at radius 2 is 1.94 bits per heavy atom. The average molecular weight is 269 g/mol. The second-order valence-corrected chi connectivity index (χ2v) is 6.82. The summed E-state index contributed by atoms with van der Waals surface area (Å²) >= 11 is 1.79. The van der Waals surface area contributed by atoms with Crippen molar-refractivity contribution in [3.8, 4) is 0 Å². The average Bonchev–Trinajstić information content (AvgIpc) is 2.75. The van der Waals surface area contributed by atoms with Crippen LogP contribution >= 0.6 is 11.3 Å². The summed E-state index contributed by atoms with van der Waals surface area (Å²) < 4.78 is 0. The van der Waals surface area contributed by atoms with E-state index in [-0.39, 0.29) is 0 Å². The summed E-state index contributed by atoms with van der Waals surface area (Å²) in [7, 11) is 2.13. The molecule has 104 valence electrons. The van der Waals surface area contributed by atoms with Crippen LogP contribution in [0.5, 0.6) is 0 Å². The molecule has 0 aliphatic rings. The molecule has 0 aromatic carbocycles. The number of hydrogen-bond donors (Lipinski definition) is 1. The quantitative estimate of drug-likeness (QED) is 0.822. The van der Waals surface area contributed by atoms with Crippen molar-refractivity contribution >= 4 is 16.5 Å². The van der Waals surface area contributed by atoms with Gasteiger partial charge in [0, 0.05) is 30.7 Å². The van der Waals surface area contributed by atoms with Gasteiger partial charge in [-0.15, -0.1) is 11.3 Å². The van der Waals surface area contributed by atoms with Crippen LogP contribution in [0.2, 0.25) is 0 Å². The zero-order chi connectivity index (χ0) is 13.7. The van der Waals surface area contributed by atoms with Crippen molar-refractivity contribution < 1.29 is 0 Å². The highest BCUT2D eigenvalue weighted by Gasteiger charge is 2.16. The van der Waals surface area contributed by atoms with Gasteiger partial charge in [-0.25, -0.2) is 4.98 Å². The Morgan fingerprint density at radius 3 is 2.50 bits per heavy atom. The number of nitrogens with zero attached hydrogens (tertiary/aromatic N) is 2. The van der Waals surface area contributed by atoms with Crippen LogP contribution in [0.3, 0.4) is 0 Å². The first kappa shape index (κ1) is 15.4. The third-order valence-corrected chi connectivity index (χ3v) is 4.36. The van der Waals surface area contributed by atoms with Gasteiger partial charge < -0.3 is 10.2 Å². The van der Waals surface area contributed by atoms with Crippen LogP contribution in [0.4, 0.5) is 5.13 Å². The fourth-order valence-electron chi connectivity index (χ4n) is 1.65. The third kappa shape index (κ3) is 4.58. The summed E-state index contributed by atoms with van der Waals surface area (Å²) in [6.07, 6.45) is 2.00. The van der Waals surface area contributed by atoms with Crippen LogP contribution in [-0.2, 0) is 6.54 Å². The predicted octanol–water partition coefficient (Wildman–Crippen LogP) is 3.37. The smallest absolute Gasteiger partial charge is 0.185 e. The van der Waals surface area contributed by atoms with E-state index in [1.54, 1.807) is 11.3 Å². The molecule has 0 fully saturated rings. The van der Waals surface area contributed by atoms with Gasteiger partial charge in [0.05, 0.1) is 0 Å². The molecule has 0 aliphatic heterocycles. The number of aromatic nitrogens is 1. The third-order valence-electron chi connectivity index (χ3n) is 3.27. The van der Waals surface area contributed by atoms with Crippen LogP contribution in [-0.4, -0.2) is 24.6 Å². The first-order valence-corrected chi connectivity index (χ1v) is 7.61. The first-order chi connectivity index (χ1) is 8.41. The lowest BCUT2D eigenvalue weighted by molar-refractivity contribution is 0.505. The summed E-state index contributed by atoms with van der Waals surface area (Å²) in [5.74, 6) is 1.34. The molecule has 3 nitrogen and oxygen atoms in total. The van der Waals surface area contributed by atoms with E-state index in [0.29, 0.717) is 17.9 Å². The molecule has 1 unspecified atom stereocenters. The Balaban J connectivity index is 2.52. The van der Waals surface area contributed by atoms with Crippen molar-refractivity contribution in [2.45, 2.75) is 47.2 Å². The second kappa shape index (κ2) is 7.10. The Kier molecular flexibility index (Phi) is 6.09. The molecule has 1 heterocycles. The van der Waals surface area contributed by atoms with Crippen molar-refractivity contribution in [2.24, 2.45) is 11.8 Å². The largest absolute Gasteiger partial charge is 0.348 e. The van der Waals surface area contributed by atoms with Crippen molar-refractivity contribution in [2.75, 3.05) is 18.5 Å². The summed E-state index contributed by atoms with van der Waals surface area (Å²) in [5.41, 5.74) is 0. The molecule has 0 saturated heterocycles. The number of nitrogens with one attached hydrogen (secondary N) is 1. The molecule has 1 aromatic rings. The van der Waals surface area contributed by atoms with Gasteiger partial charge in [-0.3, -0.25) is 0 Å². The minimum absolute atomic E-state index is 0.521. The molecule has 1 atom stereocenters. The van der Waals surface area contributed by atoms with Gasteiger partial charge >= 0.3 is 0 Å². The number of hydrogen-bond acceptors (Lipinski definition) is 4. The molecule has 18 heavy (non-hydrogen) atoms. The lowest BCUT2D eigenvalue weighted by Gasteiger charge is -2.27. The fourth-order valence-corrected chi connectivity index (χ4v) is 2.58. The monoisotopic (exact) mass is 269 g/mol. The SMILES string of the molecule is CC(C)CNCc1cnc(N(C)C(C)C(C)C)s1. The first-order valence-electron chi connectivity index (χ1n) is 6.80. The van der Waals surface area contributed by atoms with Gasteiger partial charge in [-0.2, -0.15) is 0 Å². The molecule has 0 amide bonds. The van der Waals surface area contributed by atoms with Crippen LogP contribution < -0.4 is 10.2 Å². The van der Waals surface area contributed by atoms with E-state index in [4.69, 9.17) is 0 Å². The fraction of sp³-hybridized carbons (Fsp3) is 0.786. The van der Waals surface area contributed by atoms with E-state index in [0.717, 1.165) is 18.2 Å². The van der Waals surface area contributed by atoms with E-state index < -0.39 is 0 Å². The Morgan fingerprint density at radius 1 is 1.28 bits per heavy atom. The maximum atomic E-state index is 4.52. The summed E-state index contributed by atoms with van der Waals surface area (Å²) in [5, 5.41) is 4.58. The van der Waals surface area contributed by atoms with Gasteiger partial charge in [0.2, 0.25) is 0 Å². The molecular weight excluding hydrogens is 242 g/mol. The molecule has 4 heteroatoms. The normalized spacial score (nSPS) is 13.3. The minimum Gasteiger partial charge on any atom is -0.348 e.